The van der Waals surface area contributed by atoms with Gasteiger partial charge in [0.15, 0.2) is 0 Å². The molecule has 2 saturated carbocycles. The zero-order chi connectivity index (χ0) is 21.1. The maximum Gasteiger partial charge on any atom is 0.303 e. The summed E-state index contributed by atoms with van der Waals surface area (Å²) in [6, 6.07) is 0. The van der Waals surface area contributed by atoms with Crippen molar-refractivity contribution in [2.75, 3.05) is 11.5 Å². The number of hydrogen-bond donors (Lipinski definition) is 1. The number of aliphatic carboxylic acids is 1. The van der Waals surface area contributed by atoms with Crippen molar-refractivity contribution in [1.82, 2.24) is 0 Å². The summed E-state index contributed by atoms with van der Waals surface area (Å²) in [7, 11) is 0. The molecule has 0 spiro atoms. The van der Waals surface area contributed by atoms with Gasteiger partial charge in [-0.15, -0.1) is 0 Å². The molecular formula is C26H46O2S. The van der Waals surface area contributed by atoms with E-state index in [0.29, 0.717) is 6.42 Å². The van der Waals surface area contributed by atoms with Crippen LogP contribution in [0.5, 0.6) is 0 Å². The van der Waals surface area contributed by atoms with Crippen molar-refractivity contribution in [2.45, 2.75) is 111 Å². The van der Waals surface area contributed by atoms with Crippen LogP contribution < -0.4 is 0 Å². The monoisotopic (exact) mass is 422 g/mol. The molecule has 2 aliphatic carbocycles. The molecule has 2 fully saturated rings. The lowest BCUT2D eigenvalue weighted by atomic mass is 9.75. The van der Waals surface area contributed by atoms with Gasteiger partial charge >= 0.3 is 5.97 Å². The summed E-state index contributed by atoms with van der Waals surface area (Å²) < 4.78 is 0. The van der Waals surface area contributed by atoms with Crippen LogP contribution in [0.2, 0.25) is 0 Å². The van der Waals surface area contributed by atoms with Crippen LogP contribution in [0.4, 0.5) is 0 Å². The molecule has 0 aromatic carbocycles. The summed E-state index contributed by atoms with van der Waals surface area (Å²) in [4.78, 5) is 10.6. The van der Waals surface area contributed by atoms with Crippen molar-refractivity contribution in [3.8, 4) is 0 Å². The molecule has 0 aromatic rings. The minimum absolute atomic E-state index is 0.347. The molecule has 4 atom stereocenters. The summed E-state index contributed by atoms with van der Waals surface area (Å²) in [6.45, 7) is 6.97. The van der Waals surface area contributed by atoms with E-state index in [4.69, 9.17) is 5.11 Å². The average Bonchev–Trinajstić information content (AvgIpc) is 3.30. The van der Waals surface area contributed by atoms with Gasteiger partial charge in [-0.1, -0.05) is 50.7 Å². The van der Waals surface area contributed by atoms with Crippen LogP contribution in [0, 0.1) is 23.7 Å². The zero-order valence-corrected chi connectivity index (χ0v) is 20.2. The molecule has 2 bridgehead atoms. The Morgan fingerprint density at radius 1 is 0.931 bits per heavy atom. The standard InChI is InChI=1S/C26H46O2S/c1-4-6-11-20(3)21(5-2)19-29-17-16-25-23-15-14-22(18-23)24(25)12-9-7-8-10-13-26(27)28/h22-25H,4-19H2,1-3H3,(H,27,28)/t22-,23+,24-,25+/m0/s1. The van der Waals surface area contributed by atoms with Crippen molar-refractivity contribution in [3.05, 3.63) is 11.1 Å². The van der Waals surface area contributed by atoms with Crippen LogP contribution >= 0.6 is 11.8 Å². The molecule has 2 nitrogen and oxygen atoms in total. The molecule has 0 radical (unpaired) electrons. The third kappa shape index (κ3) is 8.31. The van der Waals surface area contributed by atoms with Gasteiger partial charge < -0.3 is 5.11 Å². The first-order valence-electron chi connectivity index (χ1n) is 12.5. The molecule has 1 N–H and O–H groups in total. The second kappa shape index (κ2) is 13.8. The van der Waals surface area contributed by atoms with Gasteiger partial charge in [-0.2, -0.15) is 11.8 Å². The summed E-state index contributed by atoms with van der Waals surface area (Å²) in [6.07, 6.45) is 17.3. The van der Waals surface area contributed by atoms with Gasteiger partial charge in [-0.3, -0.25) is 4.79 Å². The van der Waals surface area contributed by atoms with Crippen molar-refractivity contribution in [1.29, 1.82) is 0 Å². The molecular weight excluding hydrogens is 376 g/mol. The lowest BCUT2D eigenvalue weighted by Gasteiger charge is -2.31. The van der Waals surface area contributed by atoms with Crippen LogP contribution in [0.1, 0.15) is 111 Å². The molecule has 0 amide bonds. The summed E-state index contributed by atoms with van der Waals surface area (Å²) >= 11 is 2.19. The van der Waals surface area contributed by atoms with Gasteiger partial charge in [-0.25, -0.2) is 0 Å². The number of carbonyl (C=O) groups is 1. The van der Waals surface area contributed by atoms with E-state index >= 15 is 0 Å². The molecule has 168 valence electrons. The fourth-order valence-corrected chi connectivity index (χ4v) is 7.28. The first-order chi connectivity index (χ1) is 14.1. The Bertz CT molecular complexity index is 513. The Kier molecular flexibility index (Phi) is 11.8. The normalized spacial score (nSPS) is 26.7. The Morgan fingerprint density at radius 2 is 1.62 bits per heavy atom. The average molecular weight is 423 g/mol. The van der Waals surface area contributed by atoms with Gasteiger partial charge in [0.1, 0.15) is 0 Å². The van der Waals surface area contributed by atoms with Crippen LogP contribution in [0.3, 0.4) is 0 Å². The van der Waals surface area contributed by atoms with Crippen LogP contribution in [-0.2, 0) is 4.79 Å². The number of rotatable bonds is 16. The van der Waals surface area contributed by atoms with E-state index in [0.717, 1.165) is 36.5 Å². The topological polar surface area (TPSA) is 37.3 Å². The number of unbranched alkanes of at least 4 members (excludes halogenated alkanes) is 4. The predicted molar refractivity (Wildman–Crippen MR) is 128 cm³/mol. The lowest BCUT2D eigenvalue weighted by molar-refractivity contribution is -0.137. The fraction of sp³-hybridized carbons (Fsp3) is 0.885. The minimum Gasteiger partial charge on any atom is -0.481 e. The fourth-order valence-electron chi connectivity index (χ4n) is 6.00. The highest BCUT2D eigenvalue weighted by Crippen LogP contribution is 2.55. The van der Waals surface area contributed by atoms with E-state index < -0.39 is 5.97 Å². The predicted octanol–water partition coefficient (Wildman–Crippen LogP) is 8.11. The van der Waals surface area contributed by atoms with E-state index in [1.165, 1.54) is 82.1 Å². The van der Waals surface area contributed by atoms with Gasteiger partial charge in [0.25, 0.3) is 0 Å². The zero-order valence-electron chi connectivity index (χ0n) is 19.4. The quantitative estimate of drug-likeness (QED) is 0.201. The molecule has 29 heavy (non-hydrogen) atoms. The van der Waals surface area contributed by atoms with Gasteiger partial charge in [0.2, 0.25) is 0 Å². The van der Waals surface area contributed by atoms with Crippen LogP contribution in [0.25, 0.3) is 0 Å². The smallest absolute Gasteiger partial charge is 0.303 e. The number of allylic oxidation sites excluding steroid dienone is 1. The van der Waals surface area contributed by atoms with Gasteiger partial charge in [0, 0.05) is 12.2 Å². The highest BCUT2D eigenvalue weighted by atomic mass is 32.2. The van der Waals surface area contributed by atoms with Crippen LogP contribution in [-0.4, -0.2) is 22.6 Å². The SMILES string of the molecule is CCCCC(C)=C(CC)CSCC[C@@H]1[C@@H]2CC[C@@H](C2)[C@@H]1CCCCCCC(=O)O. The summed E-state index contributed by atoms with van der Waals surface area (Å²) in [5, 5.41) is 8.77. The number of fused-ring (bicyclic) bond motifs is 2. The number of thioether (sulfide) groups is 1. The molecule has 0 unspecified atom stereocenters. The number of carboxylic acid groups (broad SMARTS) is 1. The summed E-state index contributed by atoms with van der Waals surface area (Å²) in [5.41, 5.74) is 3.36. The van der Waals surface area contributed by atoms with Gasteiger partial charge in [-0.05, 0) is 94.1 Å². The molecule has 2 aliphatic rings. The second-order valence-corrected chi connectivity index (χ2v) is 10.8. The largest absolute Gasteiger partial charge is 0.481 e. The lowest BCUT2D eigenvalue weighted by Crippen LogP contribution is -2.23. The molecule has 2 rings (SSSR count). The summed E-state index contributed by atoms with van der Waals surface area (Å²) in [5.74, 6) is 5.94. The van der Waals surface area contributed by atoms with Crippen molar-refractivity contribution in [3.63, 3.8) is 0 Å². The Labute approximate surface area is 184 Å². The first kappa shape index (κ1) is 24.8. The Morgan fingerprint density at radius 3 is 2.28 bits per heavy atom. The van der Waals surface area contributed by atoms with Crippen molar-refractivity contribution in [2.24, 2.45) is 23.7 Å². The maximum atomic E-state index is 10.6. The van der Waals surface area contributed by atoms with Crippen molar-refractivity contribution >= 4 is 17.7 Å². The molecule has 0 heterocycles. The third-order valence-corrected chi connectivity index (χ3v) is 8.84. The third-order valence-electron chi connectivity index (χ3n) is 7.76. The highest BCUT2D eigenvalue weighted by Gasteiger charge is 2.46. The molecule has 0 aromatic heterocycles. The van der Waals surface area contributed by atoms with E-state index in [9.17, 15) is 4.79 Å². The van der Waals surface area contributed by atoms with Gasteiger partial charge in [0.05, 0.1) is 0 Å². The molecule has 0 saturated heterocycles. The number of carboxylic acids is 1. The number of hydrogen-bond acceptors (Lipinski definition) is 2. The van der Waals surface area contributed by atoms with E-state index in [1.807, 2.05) is 0 Å². The molecule has 3 heteroatoms. The van der Waals surface area contributed by atoms with Crippen molar-refractivity contribution < 1.29 is 9.90 Å². The second-order valence-electron chi connectivity index (χ2n) is 9.69. The Hall–Kier alpha value is -0.440. The Balaban J connectivity index is 1.69. The van der Waals surface area contributed by atoms with E-state index in [1.54, 1.807) is 11.1 Å². The minimum atomic E-state index is -0.641. The van der Waals surface area contributed by atoms with Crippen LogP contribution in [0.15, 0.2) is 11.1 Å². The van der Waals surface area contributed by atoms with E-state index in [2.05, 4.69) is 32.5 Å². The first-order valence-corrected chi connectivity index (χ1v) is 13.7. The highest BCUT2D eigenvalue weighted by molar-refractivity contribution is 7.99. The molecule has 0 aliphatic heterocycles. The van der Waals surface area contributed by atoms with E-state index in [-0.39, 0.29) is 0 Å². The maximum absolute atomic E-state index is 10.6.